The molecule has 0 aliphatic rings. The van der Waals surface area contributed by atoms with Crippen LogP contribution in [0.25, 0.3) is 0 Å². The highest BCUT2D eigenvalue weighted by molar-refractivity contribution is 6.36. The van der Waals surface area contributed by atoms with Crippen LogP contribution in [0.3, 0.4) is 0 Å². The molecule has 3 aromatic rings. The standard InChI is InChI=1S/C19H15Cl2FN4O2/c1-10(16-12(20)7-8-13(22)17(16)21)28-15-9-14(25-26-18(15)23)19(27)24-11-5-3-2-4-6-11/h2-10H,1H3,(H2,23,26)(H,24,27). The van der Waals surface area contributed by atoms with Crippen molar-refractivity contribution in [3.8, 4) is 5.75 Å². The van der Waals surface area contributed by atoms with Crippen molar-refractivity contribution in [3.05, 3.63) is 75.7 Å². The third-order valence-electron chi connectivity index (χ3n) is 3.84. The summed E-state index contributed by atoms with van der Waals surface area (Å²) in [6, 6.07) is 12.7. The summed E-state index contributed by atoms with van der Waals surface area (Å²) in [4.78, 5) is 12.4. The van der Waals surface area contributed by atoms with Gasteiger partial charge in [-0.05, 0) is 31.2 Å². The van der Waals surface area contributed by atoms with Gasteiger partial charge >= 0.3 is 0 Å². The van der Waals surface area contributed by atoms with Crippen LogP contribution in [0.1, 0.15) is 29.1 Å². The summed E-state index contributed by atoms with van der Waals surface area (Å²) in [5.74, 6) is -1.05. The van der Waals surface area contributed by atoms with Crippen molar-refractivity contribution < 1.29 is 13.9 Å². The van der Waals surface area contributed by atoms with Gasteiger partial charge in [-0.3, -0.25) is 4.79 Å². The van der Waals surface area contributed by atoms with E-state index in [0.29, 0.717) is 5.69 Å². The zero-order valence-electron chi connectivity index (χ0n) is 14.6. The fourth-order valence-corrected chi connectivity index (χ4v) is 3.15. The lowest BCUT2D eigenvalue weighted by Gasteiger charge is -2.19. The number of ether oxygens (including phenoxy) is 1. The monoisotopic (exact) mass is 420 g/mol. The molecule has 144 valence electrons. The number of hydrogen-bond acceptors (Lipinski definition) is 5. The van der Waals surface area contributed by atoms with E-state index in [2.05, 4.69) is 15.5 Å². The zero-order chi connectivity index (χ0) is 20.3. The van der Waals surface area contributed by atoms with Crippen molar-refractivity contribution in [2.45, 2.75) is 13.0 Å². The lowest BCUT2D eigenvalue weighted by molar-refractivity contribution is 0.102. The smallest absolute Gasteiger partial charge is 0.276 e. The van der Waals surface area contributed by atoms with Gasteiger partial charge in [-0.15, -0.1) is 10.2 Å². The summed E-state index contributed by atoms with van der Waals surface area (Å²) in [6.45, 7) is 1.62. The molecule has 1 atom stereocenters. The third kappa shape index (κ3) is 4.32. The molecule has 0 saturated carbocycles. The molecule has 0 aliphatic carbocycles. The number of hydrogen-bond donors (Lipinski definition) is 2. The van der Waals surface area contributed by atoms with Crippen molar-refractivity contribution in [1.82, 2.24) is 10.2 Å². The van der Waals surface area contributed by atoms with E-state index in [1.54, 1.807) is 31.2 Å². The van der Waals surface area contributed by atoms with E-state index in [1.807, 2.05) is 6.07 Å². The molecular formula is C19H15Cl2FN4O2. The Morgan fingerprint density at radius 1 is 1.18 bits per heavy atom. The number of nitrogen functional groups attached to an aromatic ring is 1. The van der Waals surface area contributed by atoms with Gasteiger partial charge in [-0.2, -0.15) is 0 Å². The number of para-hydroxylation sites is 1. The minimum Gasteiger partial charge on any atom is -0.482 e. The van der Waals surface area contributed by atoms with E-state index in [-0.39, 0.29) is 32.9 Å². The molecule has 3 N–H and O–H groups in total. The van der Waals surface area contributed by atoms with E-state index in [0.717, 1.165) is 6.07 Å². The Morgan fingerprint density at radius 2 is 1.89 bits per heavy atom. The minimum atomic E-state index is -0.757. The largest absolute Gasteiger partial charge is 0.482 e. The summed E-state index contributed by atoms with van der Waals surface area (Å²) in [5.41, 5.74) is 6.66. The number of carbonyl (C=O) groups is 1. The number of nitrogens with two attached hydrogens (primary N) is 1. The molecule has 1 amide bonds. The molecule has 0 radical (unpaired) electrons. The number of anilines is 2. The molecule has 1 unspecified atom stereocenters. The summed E-state index contributed by atoms with van der Waals surface area (Å²) < 4.78 is 19.5. The van der Waals surface area contributed by atoms with Crippen molar-refractivity contribution in [1.29, 1.82) is 0 Å². The van der Waals surface area contributed by atoms with E-state index in [1.165, 1.54) is 12.1 Å². The topological polar surface area (TPSA) is 90.1 Å². The van der Waals surface area contributed by atoms with Crippen LogP contribution in [-0.2, 0) is 0 Å². The van der Waals surface area contributed by atoms with E-state index in [9.17, 15) is 9.18 Å². The minimum absolute atomic E-state index is 0.00307. The highest BCUT2D eigenvalue weighted by atomic mass is 35.5. The predicted molar refractivity (Wildman–Crippen MR) is 106 cm³/mol. The van der Waals surface area contributed by atoms with Crippen LogP contribution in [0.2, 0.25) is 10.0 Å². The number of nitrogens with zero attached hydrogens (tertiary/aromatic N) is 2. The maximum absolute atomic E-state index is 13.8. The van der Waals surface area contributed by atoms with Crippen molar-refractivity contribution in [2.24, 2.45) is 0 Å². The molecule has 1 heterocycles. The Kier molecular flexibility index (Phi) is 5.96. The first-order valence-electron chi connectivity index (χ1n) is 8.16. The second-order valence-electron chi connectivity index (χ2n) is 5.82. The van der Waals surface area contributed by atoms with Crippen LogP contribution in [0.15, 0.2) is 48.5 Å². The first-order chi connectivity index (χ1) is 13.4. The van der Waals surface area contributed by atoms with Crippen LogP contribution in [-0.4, -0.2) is 16.1 Å². The van der Waals surface area contributed by atoms with Crippen molar-refractivity contribution >= 4 is 40.6 Å². The molecular weight excluding hydrogens is 406 g/mol. The van der Waals surface area contributed by atoms with E-state index >= 15 is 0 Å². The molecule has 0 fully saturated rings. The molecule has 28 heavy (non-hydrogen) atoms. The average molecular weight is 421 g/mol. The maximum Gasteiger partial charge on any atom is 0.276 e. The number of carbonyl (C=O) groups excluding carboxylic acids is 1. The highest BCUT2D eigenvalue weighted by Crippen LogP contribution is 2.35. The van der Waals surface area contributed by atoms with Gasteiger partial charge in [0.1, 0.15) is 11.9 Å². The number of rotatable bonds is 5. The van der Waals surface area contributed by atoms with Gasteiger partial charge in [-0.25, -0.2) is 4.39 Å². The van der Waals surface area contributed by atoms with Gasteiger partial charge in [0.25, 0.3) is 5.91 Å². The molecule has 0 spiro atoms. The highest BCUT2D eigenvalue weighted by Gasteiger charge is 2.21. The van der Waals surface area contributed by atoms with Gasteiger partial charge in [0.05, 0.1) is 5.02 Å². The molecule has 3 rings (SSSR count). The Bertz CT molecular complexity index is 1020. The lowest BCUT2D eigenvalue weighted by atomic mass is 10.1. The molecule has 0 aliphatic heterocycles. The molecule has 6 nitrogen and oxygen atoms in total. The number of amides is 1. The number of nitrogens with one attached hydrogen (secondary N) is 1. The molecule has 0 saturated heterocycles. The van der Waals surface area contributed by atoms with Crippen LogP contribution >= 0.6 is 23.2 Å². The third-order valence-corrected chi connectivity index (χ3v) is 4.55. The summed E-state index contributed by atoms with van der Waals surface area (Å²) in [7, 11) is 0. The molecule has 9 heteroatoms. The van der Waals surface area contributed by atoms with E-state index < -0.39 is 17.8 Å². The van der Waals surface area contributed by atoms with Gasteiger partial charge in [0, 0.05) is 22.3 Å². The first kappa shape index (κ1) is 19.9. The lowest BCUT2D eigenvalue weighted by Crippen LogP contribution is -2.16. The van der Waals surface area contributed by atoms with Crippen molar-refractivity contribution in [2.75, 3.05) is 11.1 Å². The molecule has 0 bridgehead atoms. The quantitative estimate of drug-likeness (QED) is 0.572. The SMILES string of the molecule is CC(Oc1cc(C(=O)Nc2ccccc2)nnc1N)c1c(Cl)ccc(F)c1Cl. The van der Waals surface area contributed by atoms with Gasteiger partial charge < -0.3 is 15.8 Å². The van der Waals surface area contributed by atoms with Crippen LogP contribution in [0, 0.1) is 5.82 Å². The Labute approximate surface area is 170 Å². The number of benzene rings is 2. The normalized spacial score (nSPS) is 11.7. The van der Waals surface area contributed by atoms with Crippen molar-refractivity contribution in [3.63, 3.8) is 0 Å². The van der Waals surface area contributed by atoms with Crippen LogP contribution in [0.5, 0.6) is 5.75 Å². The summed E-state index contributed by atoms with van der Waals surface area (Å²) in [6.07, 6.45) is -0.757. The van der Waals surface area contributed by atoms with Gasteiger partial charge in [-0.1, -0.05) is 41.4 Å². The maximum atomic E-state index is 13.8. The van der Waals surface area contributed by atoms with Crippen LogP contribution in [0.4, 0.5) is 15.9 Å². The first-order valence-corrected chi connectivity index (χ1v) is 8.92. The Balaban J connectivity index is 1.84. The van der Waals surface area contributed by atoms with E-state index in [4.69, 9.17) is 33.7 Å². The van der Waals surface area contributed by atoms with Crippen LogP contribution < -0.4 is 15.8 Å². The second kappa shape index (κ2) is 8.41. The predicted octanol–water partition coefficient (Wildman–Crippen LogP) is 4.90. The van der Waals surface area contributed by atoms with Gasteiger partial charge in [0.15, 0.2) is 17.3 Å². The summed E-state index contributed by atoms with van der Waals surface area (Å²) >= 11 is 12.1. The summed E-state index contributed by atoms with van der Waals surface area (Å²) in [5, 5.41) is 10.3. The van der Waals surface area contributed by atoms with Gasteiger partial charge in [0.2, 0.25) is 0 Å². The molecule has 2 aromatic carbocycles. The Morgan fingerprint density at radius 3 is 2.61 bits per heavy atom. The zero-order valence-corrected chi connectivity index (χ0v) is 16.1. The fraction of sp³-hybridized carbons (Fsp3) is 0.105. The second-order valence-corrected chi connectivity index (χ2v) is 6.60. The number of halogens is 3. The number of aromatic nitrogens is 2. The Hall–Kier alpha value is -2.90. The fourth-order valence-electron chi connectivity index (χ4n) is 2.47. The average Bonchev–Trinajstić information content (AvgIpc) is 2.67. The molecule has 1 aromatic heterocycles.